The molecule has 2 rings (SSSR count). The Kier molecular flexibility index (Phi) is 5.37. The fourth-order valence-electron chi connectivity index (χ4n) is 2.64. The molecule has 0 aromatic heterocycles. The van der Waals surface area contributed by atoms with Gasteiger partial charge >= 0.3 is 0 Å². The molecule has 3 unspecified atom stereocenters. The van der Waals surface area contributed by atoms with Crippen LogP contribution in [0.25, 0.3) is 0 Å². The van der Waals surface area contributed by atoms with Crippen LogP contribution in [0.4, 0.5) is 0 Å². The van der Waals surface area contributed by atoms with E-state index in [-0.39, 0.29) is 17.4 Å². The topological polar surface area (TPSA) is 83.8 Å². The van der Waals surface area contributed by atoms with Gasteiger partial charge in [0.15, 0.2) is 0 Å². The van der Waals surface area contributed by atoms with Crippen LogP contribution < -0.4 is 0 Å². The number of aryl methyl sites for hydroxylation is 1. The summed E-state index contributed by atoms with van der Waals surface area (Å²) in [6, 6.07) is 6.34. The normalized spacial score (nSPS) is 24.7. The molecule has 1 aromatic carbocycles. The number of hydrogen-bond donors (Lipinski definition) is 2. The van der Waals surface area contributed by atoms with Crippen LogP contribution in [0.3, 0.4) is 0 Å². The molecule has 1 fully saturated rings. The van der Waals surface area contributed by atoms with E-state index in [1.165, 1.54) is 12.1 Å². The van der Waals surface area contributed by atoms with Gasteiger partial charge in [0, 0.05) is 5.92 Å². The van der Waals surface area contributed by atoms with E-state index in [2.05, 4.69) is 0 Å². The minimum atomic E-state index is -3.87. The highest BCUT2D eigenvalue weighted by Gasteiger charge is 2.30. The van der Waals surface area contributed by atoms with Crippen molar-refractivity contribution in [2.75, 3.05) is 6.61 Å². The molecule has 2 N–H and O–H groups in total. The smallest absolute Gasteiger partial charge is 0.297 e. The minimum Gasteiger partial charge on any atom is -0.393 e. The molecule has 6 heteroatoms. The Balaban J connectivity index is 1.96. The van der Waals surface area contributed by atoms with Gasteiger partial charge in [-0.05, 0) is 31.9 Å². The van der Waals surface area contributed by atoms with Crippen LogP contribution >= 0.6 is 0 Å². The zero-order valence-electron chi connectivity index (χ0n) is 12.1. The van der Waals surface area contributed by atoms with Gasteiger partial charge in [-0.3, -0.25) is 4.18 Å². The fraction of sp³-hybridized carbons (Fsp3) is 0.600. The predicted octanol–water partition coefficient (Wildman–Crippen LogP) is 1.61. The molecule has 0 bridgehead atoms. The molecule has 0 radical (unpaired) electrons. The van der Waals surface area contributed by atoms with Crippen molar-refractivity contribution in [2.45, 2.75) is 49.7 Å². The molecule has 0 aliphatic heterocycles. The second kappa shape index (κ2) is 6.87. The average molecular weight is 314 g/mol. The lowest BCUT2D eigenvalue weighted by Crippen LogP contribution is -2.37. The van der Waals surface area contributed by atoms with Gasteiger partial charge < -0.3 is 10.2 Å². The number of rotatable bonds is 5. The molecule has 0 heterocycles. The molecular weight excluding hydrogens is 292 g/mol. The van der Waals surface area contributed by atoms with Gasteiger partial charge in [0.1, 0.15) is 0 Å². The van der Waals surface area contributed by atoms with Crippen LogP contribution in [-0.4, -0.2) is 37.4 Å². The van der Waals surface area contributed by atoms with Crippen LogP contribution in [0, 0.1) is 12.8 Å². The summed E-state index contributed by atoms with van der Waals surface area (Å²) in [5.41, 5.74) is 0.958. The highest BCUT2D eigenvalue weighted by atomic mass is 32.2. The lowest BCUT2D eigenvalue weighted by molar-refractivity contribution is -0.0297. The van der Waals surface area contributed by atoms with Gasteiger partial charge in [-0.25, -0.2) is 0 Å². The van der Waals surface area contributed by atoms with E-state index >= 15 is 0 Å². The van der Waals surface area contributed by atoms with Crippen LogP contribution in [0.5, 0.6) is 0 Å². The third-order valence-electron chi connectivity index (χ3n) is 3.98. The molecule has 3 atom stereocenters. The number of aliphatic hydroxyl groups is 2. The van der Waals surface area contributed by atoms with E-state index in [9.17, 15) is 18.6 Å². The minimum absolute atomic E-state index is 0.0736. The SMILES string of the molecule is Cc1ccc(S(=O)(=O)OCC(O)C2CCCCC2O)cc1. The van der Waals surface area contributed by atoms with Crippen molar-refractivity contribution in [1.29, 1.82) is 0 Å². The monoisotopic (exact) mass is 314 g/mol. The van der Waals surface area contributed by atoms with Gasteiger partial charge in [-0.1, -0.05) is 30.5 Å². The summed E-state index contributed by atoms with van der Waals surface area (Å²) in [7, 11) is -3.87. The zero-order chi connectivity index (χ0) is 15.5. The van der Waals surface area contributed by atoms with Crippen LogP contribution in [0.2, 0.25) is 0 Å². The lowest BCUT2D eigenvalue weighted by atomic mass is 9.83. The third kappa shape index (κ3) is 4.26. The van der Waals surface area contributed by atoms with Crippen LogP contribution in [-0.2, 0) is 14.3 Å². The molecular formula is C15H22O5S. The second-order valence-electron chi connectivity index (χ2n) is 5.63. The molecule has 0 spiro atoms. The van der Waals surface area contributed by atoms with E-state index in [1.54, 1.807) is 12.1 Å². The van der Waals surface area contributed by atoms with Crippen molar-refractivity contribution >= 4 is 10.1 Å². The maximum atomic E-state index is 12.0. The molecule has 1 saturated carbocycles. The van der Waals surface area contributed by atoms with E-state index in [0.29, 0.717) is 12.8 Å². The molecule has 0 amide bonds. The predicted molar refractivity (Wildman–Crippen MR) is 78.3 cm³/mol. The van der Waals surface area contributed by atoms with Gasteiger partial charge in [0.05, 0.1) is 23.7 Å². The third-order valence-corrected chi connectivity index (χ3v) is 5.28. The Morgan fingerprint density at radius 2 is 1.86 bits per heavy atom. The molecule has 1 aliphatic rings. The molecule has 1 aliphatic carbocycles. The quantitative estimate of drug-likeness (QED) is 0.807. The lowest BCUT2D eigenvalue weighted by Gasteiger charge is -2.31. The van der Waals surface area contributed by atoms with Crippen LogP contribution in [0.15, 0.2) is 29.2 Å². The highest BCUT2D eigenvalue weighted by Crippen LogP contribution is 2.27. The van der Waals surface area contributed by atoms with Crippen molar-refractivity contribution in [1.82, 2.24) is 0 Å². The maximum absolute atomic E-state index is 12.0. The summed E-state index contributed by atoms with van der Waals surface area (Å²) in [5, 5.41) is 19.9. The van der Waals surface area contributed by atoms with E-state index in [4.69, 9.17) is 4.18 Å². The van der Waals surface area contributed by atoms with Gasteiger partial charge in [-0.2, -0.15) is 8.42 Å². The summed E-state index contributed by atoms with van der Waals surface area (Å²) >= 11 is 0. The van der Waals surface area contributed by atoms with Gasteiger partial charge in [0.2, 0.25) is 0 Å². The summed E-state index contributed by atoms with van der Waals surface area (Å²) < 4.78 is 29.0. The van der Waals surface area contributed by atoms with Crippen molar-refractivity contribution in [3.63, 3.8) is 0 Å². The number of aliphatic hydroxyl groups excluding tert-OH is 2. The van der Waals surface area contributed by atoms with Crippen LogP contribution in [0.1, 0.15) is 31.2 Å². The van der Waals surface area contributed by atoms with Crippen molar-refractivity contribution in [3.05, 3.63) is 29.8 Å². The molecule has 1 aromatic rings. The van der Waals surface area contributed by atoms with Gasteiger partial charge in [-0.15, -0.1) is 0 Å². The van der Waals surface area contributed by atoms with Gasteiger partial charge in [0.25, 0.3) is 10.1 Å². The largest absolute Gasteiger partial charge is 0.393 e. The zero-order valence-corrected chi connectivity index (χ0v) is 12.9. The van der Waals surface area contributed by atoms with Crippen molar-refractivity contribution in [2.24, 2.45) is 5.92 Å². The second-order valence-corrected chi connectivity index (χ2v) is 7.25. The Bertz CT molecular complexity index is 552. The summed E-state index contributed by atoms with van der Waals surface area (Å²) in [6.45, 7) is 1.55. The first-order chi connectivity index (χ1) is 9.90. The summed E-state index contributed by atoms with van der Waals surface area (Å²) in [5.74, 6) is -0.313. The standard InChI is InChI=1S/C15H22O5S/c1-11-6-8-12(9-7-11)21(18,19)20-10-15(17)13-4-2-3-5-14(13)16/h6-9,13-17H,2-5,10H2,1H3. The highest BCUT2D eigenvalue weighted by molar-refractivity contribution is 7.86. The van der Waals surface area contributed by atoms with Crippen molar-refractivity contribution < 1.29 is 22.8 Å². The first kappa shape index (κ1) is 16.4. The first-order valence-corrected chi connectivity index (χ1v) is 8.63. The Morgan fingerprint density at radius 3 is 2.48 bits per heavy atom. The van der Waals surface area contributed by atoms with E-state index in [1.807, 2.05) is 6.92 Å². The van der Waals surface area contributed by atoms with Crippen molar-refractivity contribution in [3.8, 4) is 0 Å². The Morgan fingerprint density at radius 1 is 1.24 bits per heavy atom. The Labute approximate surface area is 125 Å². The summed E-state index contributed by atoms with van der Waals surface area (Å²) in [6.07, 6.45) is 1.65. The molecule has 118 valence electrons. The average Bonchev–Trinajstić information content (AvgIpc) is 2.46. The van der Waals surface area contributed by atoms with E-state index < -0.39 is 22.3 Å². The van der Waals surface area contributed by atoms with E-state index in [0.717, 1.165) is 18.4 Å². The molecule has 5 nitrogen and oxygen atoms in total. The number of hydrogen-bond acceptors (Lipinski definition) is 5. The number of benzene rings is 1. The summed E-state index contributed by atoms with van der Waals surface area (Å²) in [4.78, 5) is 0.0736. The maximum Gasteiger partial charge on any atom is 0.297 e. The Hall–Kier alpha value is -0.950. The first-order valence-electron chi connectivity index (χ1n) is 7.22. The molecule has 0 saturated heterocycles. The fourth-order valence-corrected chi connectivity index (χ4v) is 3.57. The molecule has 21 heavy (non-hydrogen) atoms.